The maximum Gasteiger partial charge on any atom is 0.223 e. The van der Waals surface area contributed by atoms with Crippen molar-refractivity contribution < 1.29 is 9.53 Å². The number of primary amides is 1. The molecule has 0 aliphatic heterocycles. The van der Waals surface area contributed by atoms with Gasteiger partial charge in [0, 0.05) is 0 Å². The van der Waals surface area contributed by atoms with Crippen molar-refractivity contribution in [3.63, 3.8) is 0 Å². The van der Waals surface area contributed by atoms with E-state index >= 15 is 0 Å². The monoisotopic (exact) mass is 219 g/mol. The maximum atomic E-state index is 11.2. The van der Waals surface area contributed by atoms with Crippen molar-refractivity contribution in [3.8, 4) is 0 Å². The second kappa shape index (κ2) is 5.12. The summed E-state index contributed by atoms with van der Waals surface area (Å²) in [5, 5.41) is 0. The lowest BCUT2D eigenvalue weighted by molar-refractivity contribution is -0.126. The van der Waals surface area contributed by atoms with Crippen molar-refractivity contribution in [1.29, 1.82) is 0 Å². The molecule has 86 valence electrons. The average Bonchev–Trinajstić information content (AvgIpc) is 2.76. The lowest BCUT2D eigenvalue weighted by atomic mass is 10.1. The first-order valence-corrected chi connectivity index (χ1v) is 5.72. The number of carbonyl (C=O) groups excluding carboxylic acids is 1. The number of hydrogen-bond donors (Lipinski definition) is 1. The Kier molecular flexibility index (Phi) is 3.57. The van der Waals surface area contributed by atoms with Crippen LogP contribution in [-0.4, -0.2) is 12.0 Å². The highest BCUT2D eigenvalue weighted by Crippen LogP contribution is 2.28. The van der Waals surface area contributed by atoms with Gasteiger partial charge in [0.15, 0.2) is 0 Å². The van der Waals surface area contributed by atoms with Crippen LogP contribution in [0.2, 0.25) is 0 Å². The van der Waals surface area contributed by atoms with E-state index in [4.69, 9.17) is 10.5 Å². The van der Waals surface area contributed by atoms with Crippen molar-refractivity contribution in [2.24, 2.45) is 11.7 Å². The number of hydrogen-bond acceptors (Lipinski definition) is 2. The fourth-order valence-corrected chi connectivity index (χ4v) is 2.23. The molecule has 1 aliphatic carbocycles. The number of rotatable bonds is 4. The standard InChI is InChI=1S/C13H17NO2/c14-13(15)11-7-4-8-12(11)16-9-10-5-2-1-3-6-10/h1-3,5-6,11-12H,4,7-9H2,(H2,14,15)/t11-,12-/m1/s1. The van der Waals surface area contributed by atoms with Crippen LogP contribution in [0, 0.1) is 5.92 Å². The van der Waals surface area contributed by atoms with Gasteiger partial charge in [0.25, 0.3) is 0 Å². The summed E-state index contributed by atoms with van der Waals surface area (Å²) in [6.45, 7) is 0.565. The molecule has 3 nitrogen and oxygen atoms in total. The minimum Gasteiger partial charge on any atom is -0.373 e. The largest absolute Gasteiger partial charge is 0.373 e. The van der Waals surface area contributed by atoms with Gasteiger partial charge in [-0.3, -0.25) is 4.79 Å². The predicted octanol–water partition coefficient (Wildman–Crippen LogP) is 1.86. The van der Waals surface area contributed by atoms with E-state index in [1.54, 1.807) is 0 Å². The molecular weight excluding hydrogens is 202 g/mol. The van der Waals surface area contributed by atoms with Gasteiger partial charge in [-0.15, -0.1) is 0 Å². The topological polar surface area (TPSA) is 52.3 Å². The molecule has 0 heterocycles. The number of nitrogens with two attached hydrogens (primary N) is 1. The molecule has 1 amide bonds. The third-order valence-electron chi connectivity index (χ3n) is 3.12. The maximum absolute atomic E-state index is 11.2. The van der Waals surface area contributed by atoms with Crippen LogP contribution < -0.4 is 5.73 Å². The highest BCUT2D eigenvalue weighted by Gasteiger charge is 2.32. The summed E-state index contributed by atoms with van der Waals surface area (Å²) in [5.41, 5.74) is 6.47. The van der Waals surface area contributed by atoms with Crippen molar-refractivity contribution in [2.45, 2.75) is 32.0 Å². The van der Waals surface area contributed by atoms with Gasteiger partial charge in [-0.2, -0.15) is 0 Å². The molecule has 1 saturated carbocycles. The summed E-state index contributed by atoms with van der Waals surface area (Å²) in [4.78, 5) is 11.2. The second-order valence-electron chi connectivity index (χ2n) is 4.27. The Balaban J connectivity index is 1.88. The lowest BCUT2D eigenvalue weighted by Crippen LogP contribution is -2.31. The SMILES string of the molecule is NC(=O)[C@@H]1CCC[C@H]1OCc1ccccc1. The summed E-state index contributed by atoms with van der Waals surface area (Å²) in [5.74, 6) is -0.320. The van der Waals surface area contributed by atoms with E-state index in [0.717, 1.165) is 24.8 Å². The molecule has 2 rings (SSSR count). The number of benzene rings is 1. The molecule has 3 heteroatoms. The third-order valence-corrected chi connectivity index (χ3v) is 3.12. The van der Waals surface area contributed by atoms with Crippen molar-refractivity contribution >= 4 is 5.91 Å². The van der Waals surface area contributed by atoms with Crippen LogP contribution in [-0.2, 0) is 16.1 Å². The summed E-state index contributed by atoms with van der Waals surface area (Å²) >= 11 is 0. The molecule has 1 aromatic rings. The Morgan fingerprint density at radius 2 is 2.06 bits per heavy atom. The van der Waals surface area contributed by atoms with Crippen LogP contribution in [0.4, 0.5) is 0 Å². The van der Waals surface area contributed by atoms with E-state index in [1.807, 2.05) is 30.3 Å². The Bertz CT molecular complexity index is 350. The van der Waals surface area contributed by atoms with Crippen LogP contribution in [0.25, 0.3) is 0 Å². The van der Waals surface area contributed by atoms with Gasteiger partial charge in [-0.25, -0.2) is 0 Å². The molecule has 2 N–H and O–H groups in total. The van der Waals surface area contributed by atoms with Gasteiger partial charge < -0.3 is 10.5 Å². The van der Waals surface area contributed by atoms with Gasteiger partial charge in [0.1, 0.15) is 0 Å². The Morgan fingerprint density at radius 3 is 2.75 bits per heavy atom. The van der Waals surface area contributed by atoms with Gasteiger partial charge in [0.2, 0.25) is 5.91 Å². The van der Waals surface area contributed by atoms with Crippen LogP contribution in [0.15, 0.2) is 30.3 Å². The molecule has 0 unspecified atom stereocenters. The van der Waals surface area contributed by atoms with Crippen molar-refractivity contribution in [1.82, 2.24) is 0 Å². The van der Waals surface area contributed by atoms with Crippen LogP contribution >= 0.6 is 0 Å². The molecule has 1 aromatic carbocycles. The first-order valence-electron chi connectivity index (χ1n) is 5.72. The first kappa shape index (κ1) is 11.1. The highest BCUT2D eigenvalue weighted by molar-refractivity contribution is 5.77. The molecule has 0 spiro atoms. The molecule has 1 aliphatic rings. The highest BCUT2D eigenvalue weighted by atomic mass is 16.5. The summed E-state index contributed by atoms with van der Waals surface area (Å²) < 4.78 is 5.76. The lowest BCUT2D eigenvalue weighted by Gasteiger charge is -2.17. The Hall–Kier alpha value is -1.35. The fraction of sp³-hybridized carbons (Fsp3) is 0.462. The van der Waals surface area contributed by atoms with Gasteiger partial charge in [0.05, 0.1) is 18.6 Å². The molecule has 0 aromatic heterocycles. The summed E-state index contributed by atoms with van der Waals surface area (Å²) in [7, 11) is 0. The van der Waals surface area contributed by atoms with E-state index in [-0.39, 0.29) is 17.9 Å². The van der Waals surface area contributed by atoms with Crippen molar-refractivity contribution in [2.75, 3.05) is 0 Å². The van der Waals surface area contributed by atoms with E-state index in [1.165, 1.54) is 0 Å². The van der Waals surface area contributed by atoms with E-state index in [2.05, 4.69) is 0 Å². The number of ether oxygens (including phenoxy) is 1. The molecular formula is C13H17NO2. The minimum absolute atomic E-state index is 0.0118. The minimum atomic E-state index is -0.226. The summed E-state index contributed by atoms with van der Waals surface area (Å²) in [6.07, 6.45) is 2.86. The van der Waals surface area contributed by atoms with E-state index < -0.39 is 0 Å². The van der Waals surface area contributed by atoms with E-state index in [0.29, 0.717) is 6.61 Å². The quantitative estimate of drug-likeness (QED) is 0.840. The Morgan fingerprint density at radius 1 is 1.31 bits per heavy atom. The number of amides is 1. The zero-order chi connectivity index (χ0) is 11.4. The zero-order valence-corrected chi connectivity index (χ0v) is 9.26. The zero-order valence-electron chi connectivity index (χ0n) is 9.26. The molecule has 16 heavy (non-hydrogen) atoms. The molecule has 1 fully saturated rings. The normalized spacial score (nSPS) is 24.5. The smallest absolute Gasteiger partial charge is 0.223 e. The molecule has 0 saturated heterocycles. The van der Waals surface area contributed by atoms with Crippen LogP contribution in [0.1, 0.15) is 24.8 Å². The molecule has 2 atom stereocenters. The molecule has 0 bridgehead atoms. The Labute approximate surface area is 95.6 Å². The predicted molar refractivity (Wildman–Crippen MR) is 61.6 cm³/mol. The van der Waals surface area contributed by atoms with E-state index in [9.17, 15) is 4.79 Å². The van der Waals surface area contributed by atoms with Gasteiger partial charge in [-0.1, -0.05) is 30.3 Å². The second-order valence-corrected chi connectivity index (χ2v) is 4.27. The van der Waals surface area contributed by atoms with Gasteiger partial charge >= 0.3 is 0 Å². The summed E-state index contributed by atoms with van der Waals surface area (Å²) in [6, 6.07) is 9.99. The fourth-order valence-electron chi connectivity index (χ4n) is 2.23. The van der Waals surface area contributed by atoms with Gasteiger partial charge in [-0.05, 0) is 24.8 Å². The van der Waals surface area contributed by atoms with Crippen LogP contribution in [0.3, 0.4) is 0 Å². The van der Waals surface area contributed by atoms with Crippen LogP contribution in [0.5, 0.6) is 0 Å². The van der Waals surface area contributed by atoms with Crippen molar-refractivity contribution in [3.05, 3.63) is 35.9 Å². The molecule has 0 radical (unpaired) electrons. The average molecular weight is 219 g/mol. The first-order chi connectivity index (χ1) is 7.77. The number of carbonyl (C=O) groups is 1. The third kappa shape index (κ3) is 2.61.